The largest absolute Gasteiger partial charge is 0.379 e. The lowest BCUT2D eigenvalue weighted by Crippen LogP contribution is -2.50. The van der Waals surface area contributed by atoms with E-state index in [-0.39, 0.29) is 60.4 Å². The average molecular weight is 864 g/mol. The van der Waals surface area contributed by atoms with Gasteiger partial charge in [-0.1, -0.05) is 89.2 Å². The van der Waals surface area contributed by atoms with Crippen LogP contribution in [0.5, 0.6) is 0 Å². The zero-order valence-corrected chi connectivity index (χ0v) is 38.4. The van der Waals surface area contributed by atoms with Crippen molar-refractivity contribution in [3.8, 4) is 0 Å². The van der Waals surface area contributed by atoms with Crippen LogP contribution < -0.4 is 10.6 Å². The molecule has 2 aromatic rings. The van der Waals surface area contributed by atoms with Gasteiger partial charge in [-0.25, -0.2) is 0 Å². The third kappa shape index (κ3) is 15.4. The van der Waals surface area contributed by atoms with Gasteiger partial charge in [0.05, 0.1) is 38.4 Å². The Labute approximate surface area is 367 Å². The van der Waals surface area contributed by atoms with E-state index in [1.165, 1.54) is 5.56 Å². The molecule has 1 unspecified atom stereocenters. The van der Waals surface area contributed by atoms with Crippen molar-refractivity contribution in [1.82, 2.24) is 15.5 Å². The highest BCUT2D eigenvalue weighted by Gasteiger charge is 2.50. The van der Waals surface area contributed by atoms with Crippen molar-refractivity contribution in [2.45, 2.75) is 128 Å². The number of carbonyl (C=O) groups excluding carboxylic acids is 5. The number of morpholine rings is 1. The van der Waals surface area contributed by atoms with E-state index in [1.54, 1.807) is 6.92 Å². The van der Waals surface area contributed by atoms with E-state index in [2.05, 4.69) is 34.6 Å². The molecule has 12 heteroatoms. The van der Waals surface area contributed by atoms with Gasteiger partial charge >= 0.3 is 0 Å². The molecule has 5 rings (SSSR count). The molecule has 3 fully saturated rings. The van der Waals surface area contributed by atoms with Crippen LogP contribution in [0.1, 0.15) is 96.8 Å². The minimum atomic E-state index is -0.909. The number of rotatable bonds is 25. The minimum Gasteiger partial charge on any atom is -0.379 e. The highest BCUT2D eigenvalue weighted by Crippen LogP contribution is 2.38. The van der Waals surface area contributed by atoms with E-state index in [0.29, 0.717) is 75.5 Å². The van der Waals surface area contributed by atoms with Crippen LogP contribution in [0, 0.1) is 23.7 Å². The summed E-state index contributed by atoms with van der Waals surface area (Å²) in [5.74, 6) is -2.26. The lowest BCUT2D eigenvalue weighted by Gasteiger charge is -2.28. The number of nitrogens with one attached hydrogen (secondary N) is 2. The van der Waals surface area contributed by atoms with Crippen LogP contribution in [-0.2, 0) is 52.7 Å². The van der Waals surface area contributed by atoms with Crippen molar-refractivity contribution in [1.29, 1.82) is 0 Å². The normalized spacial score (nSPS) is 22.5. The third-order valence-corrected chi connectivity index (χ3v) is 15.2. The number of carbonyl (C=O) groups is 5. The van der Waals surface area contributed by atoms with Crippen molar-refractivity contribution in [2.75, 3.05) is 44.5 Å². The number of hydrogen-bond donors (Lipinski definition) is 2. The van der Waals surface area contributed by atoms with Gasteiger partial charge in [0.2, 0.25) is 11.8 Å². The first-order valence-corrected chi connectivity index (χ1v) is 24.3. The van der Waals surface area contributed by atoms with E-state index in [4.69, 9.17) is 9.47 Å². The summed E-state index contributed by atoms with van der Waals surface area (Å²) >= 11 is 4.03. The Morgan fingerprint density at radius 2 is 1.43 bits per heavy atom. The summed E-state index contributed by atoms with van der Waals surface area (Å²) in [6.07, 6.45) is 4.20. The predicted octanol–water partition coefficient (Wildman–Crippen LogP) is 6.89. The first-order valence-electron chi connectivity index (χ1n) is 22.2. The smallest absolute Gasteiger partial charge is 0.224 e. The minimum absolute atomic E-state index is 0.0119. The molecule has 0 aromatic heterocycles. The maximum atomic E-state index is 14.5. The molecular weight excluding hydrogens is 795 g/mol. The molecule has 60 heavy (non-hydrogen) atoms. The van der Waals surface area contributed by atoms with Gasteiger partial charge in [-0.05, 0) is 80.4 Å². The van der Waals surface area contributed by atoms with Crippen LogP contribution in [0.3, 0.4) is 0 Å². The lowest BCUT2D eigenvalue weighted by atomic mass is 9.87. The van der Waals surface area contributed by atoms with E-state index < -0.39 is 29.5 Å². The zero-order valence-electron chi connectivity index (χ0n) is 36.8. The summed E-state index contributed by atoms with van der Waals surface area (Å²) in [5.41, 5.74) is 2.32. The molecule has 0 saturated carbocycles. The maximum Gasteiger partial charge on any atom is 0.224 e. The van der Waals surface area contributed by atoms with Gasteiger partial charge in [-0.2, -0.15) is 0 Å². The van der Waals surface area contributed by atoms with Gasteiger partial charge in [0.15, 0.2) is 11.6 Å². The number of nitrogens with zero attached hydrogens (tertiary/aromatic N) is 1. The molecule has 3 aliphatic rings. The van der Waals surface area contributed by atoms with Gasteiger partial charge < -0.3 is 20.1 Å². The molecular formula is C48H69N3O7S2. The Kier molecular flexibility index (Phi) is 18.7. The SMILES string of the molecule is CC(C)C[C@H](NC(=O)[C@H](CCc1ccccc1)CC(=O)CN1CCOCC1)C(=O)C[C@@H](Cc1cccc(CC[C@@H]2SCSC2C)c1)C(=O)N[C@@H](CC(C)C)C(=O)[C@@]1(C)CO1. The van der Waals surface area contributed by atoms with Gasteiger partial charge in [0, 0.05) is 53.4 Å². The van der Waals surface area contributed by atoms with Crippen LogP contribution >= 0.6 is 23.5 Å². The van der Waals surface area contributed by atoms with Crippen LogP contribution in [0.4, 0.5) is 0 Å². The van der Waals surface area contributed by atoms with Crippen LogP contribution in [-0.4, -0.2) is 107 Å². The predicted molar refractivity (Wildman–Crippen MR) is 242 cm³/mol. The summed E-state index contributed by atoms with van der Waals surface area (Å²) in [4.78, 5) is 72.3. The van der Waals surface area contributed by atoms with Crippen LogP contribution in [0.25, 0.3) is 0 Å². The summed E-state index contributed by atoms with van der Waals surface area (Å²) < 4.78 is 11.0. The molecule has 0 bridgehead atoms. The monoisotopic (exact) mass is 863 g/mol. The molecule has 3 saturated heterocycles. The third-order valence-electron chi connectivity index (χ3n) is 12.0. The van der Waals surface area contributed by atoms with Crippen molar-refractivity contribution >= 4 is 52.7 Å². The van der Waals surface area contributed by atoms with E-state index in [0.717, 1.165) is 29.1 Å². The molecule has 2 amide bonds. The molecule has 330 valence electrons. The summed E-state index contributed by atoms with van der Waals surface area (Å²) in [6.45, 7) is 15.2. The Morgan fingerprint density at radius 3 is 2.08 bits per heavy atom. The summed E-state index contributed by atoms with van der Waals surface area (Å²) in [5, 5.41) is 8.51. The highest BCUT2D eigenvalue weighted by molar-refractivity contribution is 8.19. The second-order valence-corrected chi connectivity index (χ2v) is 21.2. The van der Waals surface area contributed by atoms with E-state index in [9.17, 15) is 24.0 Å². The molecule has 0 radical (unpaired) electrons. The molecule has 0 spiro atoms. The molecule has 2 aromatic carbocycles. The fourth-order valence-electron chi connectivity index (χ4n) is 8.25. The van der Waals surface area contributed by atoms with Crippen molar-refractivity contribution in [3.63, 3.8) is 0 Å². The fraction of sp³-hybridized carbons (Fsp3) is 0.646. The fourth-order valence-corrected chi connectivity index (χ4v) is 11.5. The standard InChI is InChI=1S/C48H69N3O7S2/c1-32(2)23-41(49-46(55)38(17-15-35-11-8-7-9-12-35)27-40(52)29-51-19-21-57-22-20-51)43(53)28-39(47(56)50-42(24-33(3)4)45(54)48(6)30-58-48)26-37-14-10-13-36(25-37)16-18-44-34(5)59-31-60-44/h7-14,25,32-34,38-39,41-42,44H,15-24,26-31H2,1-6H3,(H,49,55)(H,50,56)/t34?,38-,39-,41+,42+,44+,48-/m1/s1. The molecule has 3 aliphatic heterocycles. The number of hydrogen-bond acceptors (Lipinski definition) is 10. The number of amides is 2. The Morgan fingerprint density at radius 1 is 0.800 bits per heavy atom. The van der Waals surface area contributed by atoms with E-state index >= 15 is 0 Å². The topological polar surface area (TPSA) is 134 Å². The second-order valence-electron chi connectivity index (χ2n) is 18.2. The molecule has 10 nitrogen and oxygen atoms in total. The first-order chi connectivity index (χ1) is 28.7. The number of epoxide rings is 1. The maximum absolute atomic E-state index is 14.5. The van der Waals surface area contributed by atoms with Gasteiger partial charge in [0.1, 0.15) is 11.4 Å². The second kappa shape index (κ2) is 23.4. The number of thioether (sulfide) groups is 2. The van der Waals surface area contributed by atoms with Gasteiger partial charge in [-0.3, -0.25) is 28.9 Å². The first kappa shape index (κ1) is 48.0. The van der Waals surface area contributed by atoms with Crippen LogP contribution in [0.2, 0.25) is 0 Å². The van der Waals surface area contributed by atoms with Crippen molar-refractivity contribution < 1.29 is 33.4 Å². The Bertz CT molecular complexity index is 1730. The average Bonchev–Trinajstić information content (AvgIpc) is 3.84. The number of ketones is 3. The summed E-state index contributed by atoms with van der Waals surface area (Å²) in [6, 6.07) is 16.6. The Balaban J connectivity index is 1.34. The van der Waals surface area contributed by atoms with Crippen LogP contribution in [0.15, 0.2) is 54.6 Å². The Hall–Kier alpha value is -3.03. The molecule has 2 N–H and O–H groups in total. The molecule has 7 atom stereocenters. The molecule has 3 heterocycles. The van der Waals surface area contributed by atoms with Crippen molar-refractivity contribution in [3.05, 3.63) is 71.3 Å². The lowest BCUT2D eigenvalue weighted by molar-refractivity contribution is -0.136. The van der Waals surface area contributed by atoms with E-state index in [1.807, 2.05) is 93.7 Å². The number of aryl methyl sites for hydroxylation is 2. The van der Waals surface area contributed by atoms with Crippen molar-refractivity contribution in [2.24, 2.45) is 23.7 Å². The van der Waals surface area contributed by atoms with Gasteiger partial charge in [0.25, 0.3) is 0 Å². The van der Waals surface area contributed by atoms with Gasteiger partial charge in [-0.15, -0.1) is 23.5 Å². The number of Topliss-reactive ketones (excluding diaryl/α,β-unsaturated/α-hetero) is 3. The number of ether oxygens (including phenoxy) is 2. The zero-order chi connectivity index (χ0) is 43.2. The quantitative estimate of drug-likeness (QED) is 0.102. The highest BCUT2D eigenvalue weighted by atomic mass is 32.2. The molecule has 0 aliphatic carbocycles. The summed E-state index contributed by atoms with van der Waals surface area (Å²) in [7, 11) is 0. The number of benzene rings is 2.